The van der Waals surface area contributed by atoms with Crippen molar-refractivity contribution < 1.29 is 27.5 Å². The van der Waals surface area contributed by atoms with E-state index in [1.165, 1.54) is 16.7 Å². The van der Waals surface area contributed by atoms with Gasteiger partial charge in [0.2, 0.25) is 0 Å². The predicted octanol–water partition coefficient (Wildman–Crippen LogP) is 4.16. The Morgan fingerprint density at radius 3 is 2.46 bits per heavy atom. The number of H-pyrrole nitrogens is 3. The fraction of sp³-hybridized carbons (Fsp3) is 0.208. The fourth-order valence-corrected chi connectivity index (χ4v) is 4.16. The number of para-hydroxylation sites is 1. The third-order valence-electron chi connectivity index (χ3n) is 5.69. The van der Waals surface area contributed by atoms with Crippen LogP contribution in [0.25, 0.3) is 38.9 Å². The minimum absolute atomic E-state index is 0.366. The smallest absolute Gasteiger partial charge is 0.475 e. The number of nitrogens with one attached hydrogen (secondary N) is 3. The molecule has 13 heteroatoms. The maximum absolute atomic E-state index is 14.1. The number of alkyl halides is 3. The molecule has 6 N–H and O–H groups in total. The lowest BCUT2D eigenvalue weighted by Gasteiger charge is -2.09. The van der Waals surface area contributed by atoms with Gasteiger partial charge in [-0.25, -0.2) is 23.6 Å². The first-order valence-corrected chi connectivity index (χ1v) is 11.1. The van der Waals surface area contributed by atoms with E-state index in [1.54, 1.807) is 6.07 Å². The molecule has 5 aromatic rings. The molecule has 0 aliphatic carbocycles. The molecule has 0 atom stereocenters. The van der Waals surface area contributed by atoms with Gasteiger partial charge < -0.3 is 20.8 Å². The number of benzene rings is 2. The van der Waals surface area contributed by atoms with Gasteiger partial charge >= 0.3 is 17.8 Å². The number of rotatable bonds is 5. The topological polar surface area (TPSA) is 146 Å². The highest BCUT2D eigenvalue weighted by molar-refractivity contribution is 5.97. The molecular weight excluding hydrogens is 496 g/mol. The molecule has 0 aliphatic heterocycles. The first-order valence-electron chi connectivity index (χ1n) is 11.1. The Kier molecular flexibility index (Phi) is 6.90. The van der Waals surface area contributed by atoms with Crippen LogP contribution in [0.4, 0.5) is 17.6 Å². The lowest BCUT2D eigenvalue weighted by atomic mass is 10.1. The Balaban J connectivity index is 0.000000405. The van der Waals surface area contributed by atoms with E-state index in [0.29, 0.717) is 29.9 Å². The van der Waals surface area contributed by atoms with Crippen LogP contribution in [0.15, 0.2) is 47.3 Å². The summed E-state index contributed by atoms with van der Waals surface area (Å²) in [7, 11) is 0. The molecule has 37 heavy (non-hydrogen) atoms. The first kappa shape index (κ1) is 25.7. The second-order valence-electron chi connectivity index (χ2n) is 8.20. The average molecular weight is 518 g/mol. The van der Waals surface area contributed by atoms with Crippen molar-refractivity contribution in [3.63, 3.8) is 0 Å². The van der Waals surface area contributed by atoms with Crippen LogP contribution >= 0.6 is 0 Å². The largest absolute Gasteiger partial charge is 0.490 e. The van der Waals surface area contributed by atoms with E-state index in [1.807, 2.05) is 31.2 Å². The highest BCUT2D eigenvalue weighted by Crippen LogP contribution is 2.34. The SMILES string of the molecule is Cc1[nH]c2ccccc2c1-c1n[nH]c(=O)n1-c1c(CCCN)[nH]c2ccc(F)cc12.O=C(O)C(F)(F)F. The lowest BCUT2D eigenvalue weighted by Crippen LogP contribution is -2.21. The van der Waals surface area contributed by atoms with Gasteiger partial charge in [-0.2, -0.15) is 18.3 Å². The zero-order valence-electron chi connectivity index (χ0n) is 19.4. The summed E-state index contributed by atoms with van der Waals surface area (Å²) in [5.74, 6) is -2.64. The van der Waals surface area contributed by atoms with Crippen LogP contribution in [-0.4, -0.2) is 48.5 Å². The van der Waals surface area contributed by atoms with E-state index in [9.17, 15) is 22.4 Å². The molecule has 5 rings (SSSR count). The van der Waals surface area contributed by atoms with Crippen LogP contribution in [0.5, 0.6) is 0 Å². The van der Waals surface area contributed by atoms with E-state index in [-0.39, 0.29) is 11.5 Å². The number of aromatic nitrogens is 5. The Labute approximate surface area is 205 Å². The molecule has 9 nitrogen and oxygen atoms in total. The number of halogens is 4. The summed E-state index contributed by atoms with van der Waals surface area (Å²) in [5, 5.41) is 15.6. The monoisotopic (exact) mass is 518 g/mol. The number of aliphatic carboxylic acids is 1. The molecule has 0 saturated carbocycles. The second-order valence-corrected chi connectivity index (χ2v) is 8.20. The number of nitrogens with two attached hydrogens (primary N) is 1. The van der Waals surface area contributed by atoms with Gasteiger partial charge in [0.1, 0.15) is 5.82 Å². The highest BCUT2D eigenvalue weighted by atomic mass is 19.4. The van der Waals surface area contributed by atoms with Crippen LogP contribution in [0.2, 0.25) is 0 Å². The van der Waals surface area contributed by atoms with Crippen molar-refractivity contribution in [2.24, 2.45) is 5.73 Å². The lowest BCUT2D eigenvalue weighted by molar-refractivity contribution is -0.192. The first-order chi connectivity index (χ1) is 17.5. The molecule has 0 saturated heterocycles. The van der Waals surface area contributed by atoms with Crippen molar-refractivity contribution in [3.05, 3.63) is 70.2 Å². The molecule has 0 amide bonds. The molecular formula is C24H22F4N6O3. The van der Waals surface area contributed by atoms with Gasteiger partial charge in [0.25, 0.3) is 0 Å². The van der Waals surface area contributed by atoms with E-state index in [2.05, 4.69) is 20.2 Å². The quantitative estimate of drug-likeness (QED) is 0.222. The summed E-state index contributed by atoms with van der Waals surface area (Å²) in [6, 6.07) is 12.4. The third-order valence-corrected chi connectivity index (χ3v) is 5.69. The third kappa shape index (κ3) is 4.98. The fourth-order valence-electron chi connectivity index (χ4n) is 4.16. The summed E-state index contributed by atoms with van der Waals surface area (Å²) in [6.45, 7) is 2.46. The van der Waals surface area contributed by atoms with Gasteiger partial charge in [-0.05, 0) is 50.6 Å². The molecule has 3 heterocycles. The standard InChI is InChI=1S/C22H21FN6O.C2HF3O2/c1-12-19(14-5-2-3-6-16(14)25-12)21-27-28-22(30)29(21)20-15-11-13(23)8-9-17(15)26-18(20)7-4-10-24;3-2(4,5)1(6)7/h2-3,5-6,8-9,11,25-26H,4,7,10,24H2,1H3,(H,28,30);(H,6,7). The van der Waals surface area contributed by atoms with Gasteiger partial charge in [-0.15, -0.1) is 0 Å². The maximum Gasteiger partial charge on any atom is 0.490 e. The van der Waals surface area contributed by atoms with Crippen molar-refractivity contribution in [1.82, 2.24) is 24.7 Å². The van der Waals surface area contributed by atoms with Crippen molar-refractivity contribution >= 4 is 27.8 Å². The maximum atomic E-state index is 14.1. The van der Waals surface area contributed by atoms with Gasteiger partial charge in [-0.1, -0.05) is 18.2 Å². The number of hydrogen-bond donors (Lipinski definition) is 5. The molecule has 3 aromatic heterocycles. The Hall–Kier alpha value is -4.39. The van der Waals surface area contributed by atoms with Crippen LogP contribution in [0.1, 0.15) is 17.8 Å². The Morgan fingerprint density at radius 2 is 1.78 bits per heavy atom. The van der Waals surface area contributed by atoms with E-state index in [0.717, 1.165) is 39.8 Å². The Bertz CT molecular complexity index is 1640. The zero-order valence-corrected chi connectivity index (χ0v) is 19.4. The average Bonchev–Trinajstić information content (AvgIpc) is 3.48. The second kappa shape index (κ2) is 9.93. The number of hydrogen-bond acceptors (Lipinski definition) is 4. The van der Waals surface area contributed by atoms with Gasteiger partial charge in [0.15, 0.2) is 5.82 Å². The minimum Gasteiger partial charge on any atom is -0.475 e. The molecule has 194 valence electrons. The zero-order chi connectivity index (χ0) is 26.9. The van der Waals surface area contributed by atoms with Crippen LogP contribution in [-0.2, 0) is 11.2 Å². The normalized spacial score (nSPS) is 11.6. The number of carboxylic acid groups (broad SMARTS) is 1. The Morgan fingerprint density at radius 1 is 1.11 bits per heavy atom. The molecule has 0 spiro atoms. The predicted molar refractivity (Wildman–Crippen MR) is 129 cm³/mol. The van der Waals surface area contributed by atoms with Crippen molar-refractivity contribution in [1.29, 1.82) is 0 Å². The molecule has 0 radical (unpaired) electrons. The van der Waals surface area contributed by atoms with Crippen molar-refractivity contribution in [2.45, 2.75) is 25.9 Å². The summed E-state index contributed by atoms with van der Waals surface area (Å²) in [6.07, 6.45) is -3.72. The van der Waals surface area contributed by atoms with Gasteiger partial charge in [0, 0.05) is 38.8 Å². The number of aryl methyl sites for hydroxylation is 2. The summed E-state index contributed by atoms with van der Waals surface area (Å²) in [4.78, 5) is 28.5. The van der Waals surface area contributed by atoms with Crippen LogP contribution in [0, 0.1) is 12.7 Å². The van der Waals surface area contributed by atoms with Crippen molar-refractivity contribution in [3.8, 4) is 17.1 Å². The van der Waals surface area contributed by atoms with Gasteiger partial charge in [-0.3, -0.25) is 0 Å². The number of fused-ring (bicyclic) bond motifs is 2. The molecule has 0 unspecified atom stereocenters. The molecule has 2 aromatic carbocycles. The highest BCUT2D eigenvalue weighted by Gasteiger charge is 2.38. The molecule has 0 bridgehead atoms. The number of carboxylic acids is 1. The van der Waals surface area contributed by atoms with E-state index >= 15 is 0 Å². The summed E-state index contributed by atoms with van der Waals surface area (Å²) < 4.78 is 47.4. The van der Waals surface area contributed by atoms with Crippen LogP contribution < -0.4 is 11.4 Å². The minimum atomic E-state index is -5.08. The van der Waals surface area contributed by atoms with E-state index < -0.39 is 12.1 Å². The number of nitrogens with zero attached hydrogens (tertiary/aromatic N) is 2. The molecule has 0 fully saturated rings. The van der Waals surface area contributed by atoms with E-state index in [4.69, 9.17) is 15.6 Å². The van der Waals surface area contributed by atoms with Crippen LogP contribution in [0.3, 0.4) is 0 Å². The molecule has 0 aliphatic rings. The summed E-state index contributed by atoms with van der Waals surface area (Å²) >= 11 is 0. The summed E-state index contributed by atoms with van der Waals surface area (Å²) in [5.41, 5.74) is 10.2. The van der Waals surface area contributed by atoms with Gasteiger partial charge in [0.05, 0.1) is 5.69 Å². The van der Waals surface area contributed by atoms with Crippen molar-refractivity contribution in [2.75, 3.05) is 6.54 Å². The number of carbonyl (C=O) groups is 1. The number of aromatic amines is 3.